The van der Waals surface area contributed by atoms with Crippen molar-refractivity contribution in [1.82, 2.24) is 0 Å². The first kappa shape index (κ1) is 11.7. The molecule has 74 valence electrons. The topological polar surface area (TPSA) is 29.5 Å². The molecule has 0 spiro atoms. The lowest BCUT2D eigenvalue weighted by Gasteiger charge is -2.27. The summed E-state index contributed by atoms with van der Waals surface area (Å²) in [4.78, 5) is 0. The second-order valence-electron chi connectivity index (χ2n) is 3.44. The Hall–Kier alpha value is -0.290. The Kier molecular flexibility index (Phi) is 3.53. The molecule has 0 aliphatic rings. The lowest BCUT2D eigenvalue weighted by Crippen LogP contribution is -2.40. The third kappa shape index (κ3) is 4.56. The summed E-state index contributed by atoms with van der Waals surface area (Å²) in [6, 6.07) is 0. The number of aliphatic hydroxyl groups is 1. The highest BCUT2D eigenvalue weighted by Gasteiger charge is 2.42. The number of hydrogen-bond acceptors (Lipinski definition) is 2. The van der Waals surface area contributed by atoms with Crippen LogP contribution in [0.2, 0.25) is 0 Å². The van der Waals surface area contributed by atoms with E-state index in [-0.39, 0.29) is 0 Å². The number of hydrogen-bond donors (Lipinski definition) is 1. The quantitative estimate of drug-likeness (QED) is 0.711. The molecule has 1 atom stereocenters. The van der Waals surface area contributed by atoms with Crippen LogP contribution in [0.1, 0.15) is 20.8 Å². The van der Waals surface area contributed by atoms with E-state index in [1.54, 1.807) is 0 Å². The molecule has 0 aromatic rings. The lowest BCUT2D eigenvalue weighted by atomic mass is 10.2. The molecule has 0 radical (unpaired) electrons. The molecule has 0 rings (SSSR count). The van der Waals surface area contributed by atoms with Crippen molar-refractivity contribution < 1.29 is 23.0 Å². The largest absolute Gasteiger partial charge is 0.416 e. The summed E-state index contributed by atoms with van der Waals surface area (Å²) in [5.41, 5.74) is -0.900. The molecule has 2 nitrogen and oxygen atoms in total. The second-order valence-corrected chi connectivity index (χ2v) is 3.44. The number of halogens is 3. The van der Waals surface area contributed by atoms with E-state index in [4.69, 9.17) is 5.11 Å². The van der Waals surface area contributed by atoms with Gasteiger partial charge in [0.2, 0.25) is 0 Å². The minimum Gasteiger partial charge on any atom is -0.393 e. The van der Waals surface area contributed by atoms with Gasteiger partial charge in [0, 0.05) is 0 Å². The lowest BCUT2D eigenvalue weighted by molar-refractivity contribution is -0.254. The molecule has 0 saturated carbocycles. The molecule has 5 heteroatoms. The molecule has 0 aliphatic heterocycles. The zero-order chi connectivity index (χ0) is 9.99. The van der Waals surface area contributed by atoms with Gasteiger partial charge in [-0.15, -0.1) is 0 Å². The fourth-order valence-corrected chi connectivity index (χ4v) is 0.634. The maximum absolute atomic E-state index is 12.0. The van der Waals surface area contributed by atoms with E-state index >= 15 is 0 Å². The Morgan fingerprint density at radius 2 is 1.67 bits per heavy atom. The van der Waals surface area contributed by atoms with Gasteiger partial charge in [0.15, 0.2) is 6.10 Å². The Morgan fingerprint density at radius 3 is 1.75 bits per heavy atom. The van der Waals surface area contributed by atoms with Crippen LogP contribution in [-0.2, 0) is 4.74 Å². The van der Waals surface area contributed by atoms with Gasteiger partial charge in [0.05, 0.1) is 12.2 Å². The van der Waals surface area contributed by atoms with Crippen molar-refractivity contribution in [1.29, 1.82) is 0 Å². The van der Waals surface area contributed by atoms with Gasteiger partial charge in [-0.1, -0.05) is 0 Å². The van der Waals surface area contributed by atoms with E-state index in [0.717, 1.165) is 0 Å². The van der Waals surface area contributed by atoms with Crippen LogP contribution < -0.4 is 0 Å². The van der Waals surface area contributed by atoms with E-state index < -0.39 is 24.5 Å². The van der Waals surface area contributed by atoms with Crippen LogP contribution >= 0.6 is 0 Å². The summed E-state index contributed by atoms with van der Waals surface area (Å²) in [6.45, 7) is 3.46. The Bertz CT molecular complexity index is 137. The normalized spacial score (nSPS) is 16.2. The number of aliphatic hydroxyl groups excluding tert-OH is 1. The highest BCUT2D eigenvalue weighted by molar-refractivity contribution is 4.71. The zero-order valence-corrected chi connectivity index (χ0v) is 7.27. The molecular weight excluding hydrogens is 173 g/mol. The molecule has 12 heavy (non-hydrogen) atoms. The maximum Gasteiger partial charge on any atom is 0.416 e. The maximum atomic E-state index is 12.0. The molecule has 1 N–H and O–H groups in total. The fourth-order valence-electron chi connectivity index (χ4n) is 0.634. The van der Waals surface area contributed by atoms with Gasteiger partial charge < -0.3 is 9.84 Å². The van der Waals surface area contributed by atoms with Crippen molar-refractivity contribution in [2.24, 2.45) is 0 Å². The van der Waals surface area contributed by atoms with Gasteiger partial charge in [-0.05, 0) is 20.8 Å². The highest BCUT2D eigenvalue weighted by atomic mass is 19.4. The van der Waals surface area contributed by atoms with Crippen molar-refractivity contribution in [2.75, 3.05) is 6.61 Å². The fraction of sp³-hybridized carbons (Fsp3) is 1.00. The van der Waals surface area contributed by atoms with Crippen LogP contribution in [0, 0.1) is 0 Å². The van der Waals surface area contributed by atoms with Crippen molar-refractivity contribution in [3.05, 3.63) is 0 Å². The summed E-state index contributed by atoms with van der Waals surface area (Å²) >= 11 is 0. The third-order valence-electron chi connectivity index (χ3n) is 1.03. The molecule has 0 amide bonds. The summed E-state index contributed by atoms with van der Waals surface area (Å²) in [5.74, 6) is 0. The summed E-state index contributed by atoms with van der Waals surface area (Å²) in [5, 5.41) is 8.38. The van der Waals surface area contributed by atoms with Gasteiger partial charge in [-0.25, -0.2) is 0 Å². The Morgan fingerprint density at radius 1 is 1.25 bits per heavy atom. The van der Waals surface area contributed by atoms with Crippen LogP contribution in [0.3, 0.4) is 0 Å². The van der Waals surface area contributed by atoms with Crippen molar-refractivity contribution in [3.8, 4) is 0 Å². The summed E-state index contributed by atoms with van der Waals surface area (Å²) in [6.07, 6.45) is -6.58. The molecular formula is C7H13F3O2. The van der Waals surface area contributed by atoms with Gasteiger partial charge >= 0.3 is 6.18 Å². The van der Waals surface area contributed by atoms with Crippen molar-refractivity contribution in [3.63, 3.8) is 0 Å². The van der Waals surface area contributed by atoms with Gasteiger partial charge in [-0.2, -0.15) is 13.2 Å². The van der Waals surface area contributed by atoms with E-state index in [0.29, 0.717) is 0 Å². The standard InChI is InChI=1S/C7H13F3O2/c1-6(2,3)12-5(4-11)7(8,9)10/h5,11H,4H2,1-3H3. The van der Waals surface area contributed by atoms with Crippen LogP contribution in [-0.4, -0.2) is 29.6 Å². The molecule has 0 aliphatic carbocycles. The predicted molar refractivity (Wildman–Crippen MR) is 37.8 cm³/mol. The van der Waals surface area contributed by atoms with E-state index in [1.807, 2.05) is 0 Å². The smallest absolute Gasteiger partial charge is 0.393 e. The average Bonchev–Trinajstić information content (AvgIpc) is 1.78. The van der Waals surface area contributed by atoms with Crippen molar-refractivity contribution in [2.45, 2.75) is 38.7 Å². The van der Waals surface area contributed by atoms with Crippen LogP contribution in [0.15, 0.2) is 0 Å². The van der Waals surface area contributed by atoms with Crippen LogP contribution in [0.4, 0.5) is 13.2 Å². The van der Waals surface area contributed by atoms with Crippen molar-refractivity contribution >= 4 is 0 Å². The number of rotatable bonds is 2. The zero-order valence-electron chi connectivity index (χ0n) is 7.27. The number of ether oxygens (including phenoxy) is 1. The highest BCUT2D eigenvalue weighted by Crippen LogP contribution is 2.26. The molecule has 0 bridgehead atoms. The second kappa shape index (κ2) is 3.62. The summed E-state index contributed by atoms with van der Waals surface area (Å²) < 4.78 is 40.5. The predicted octanol–water partition coefficient (Wildman–Crippen LogP) is 1.72. The average molecular weight is 186 g/mol. The monoisotopic (exact) mass is 186 g/mol. The van der Waals surface area contributed by atoms with E-state index in [9.17, 15) is 13.2 Å². The van der Waals surface area contributed by atoms with Crippen LogP contribution in [0.5, 0.6) is 0 Å². The first-order valence-electron chi connectivity index (χ1n) is 3.52. The first-order valence-corrected chi connectivity index (χ1v) is 3.52. The Labute approximate surface area is 69.3 Å². The Balaban J connectivity index is 4.20. The molecule has 0 saturated heterocycles. The SMILES string of the molecule is CC(C)(C)OC(CO)C(F)(F)F. The van der Waals surface area contributed by atoms with Crippen LogP contribution in [0.25, 0.3) is 0 Å². The molecule has 0 aromatic carbocycles. The minimum atomic E-state index is -4.50. The van der Waals surface area contributed by atoms with Gasteiger partial charge in [-0.3, -0.25) is 0 Å². The first-order chi connectivity index (χ1) is 5.17. The molecule has 0 fully saturated rings. The minimum absolute atomic E-state index is 0.900. The molecule has 1 unspecified atom stereocenters. The summed E-state index contributed by atoms with van der Waals surface area (Å²) in [7, 11) is 0. The number of alkyl halides is 3. The van der Waals surface area contributed by atoms with E-state index in [2.05, 4.69) is 4.74 Å². The van der Waals surface area contributed by atoms with Gasteiger partial charge in [0.1, 0.15) is 0 Å². The third-order valence-corrected chi connectivity index (χ3v) is 1.03. The molecule has 0 heterocycles. The van der Waals surface area contributed by atoms with E-state index in [1.165, 1.54) is 20.8 Å². The molecule has 0 aromatic heterocycles. The van der Waals surface area contributed by atoms with Gasteiger partial charge in [0.25, 0.3) is 0 Å².